The Kier molecular flexibility index (Phi) is 4.10. The number of hydrogen-bond acceptors (Lipinski definition) is 4. The third kappa shape index (κ3) is 3.45. The molecule has 1 aromatic heterocycles. The number of anilines is 1. The van der Waals surface area contributed by atoms with Crippen LogP contribution >= 0.6 is 0 Å². The molecule has 1 aliphatic rings. The van der Waals surface area contributed by atoms with Gasteiger partial charge in [-0.15, -0.1) is 0 Å². The summed E-state index contributed by atoms with van der Waals surface area (Å²) in [5.41, 5.74) is 0.103. The van der Waals surface area contributed by atoms with Gasteiger partial charge < -0.3 is 5.32 Å². The zero-order chi connectivity index (χ0) is 13.9. The van der Waals surface area contributed by atoms with E-state index in [-0.39, 0.29) is 10.3 Å². The molecular weight excluding hydrogens is 262 g/mol. The molecule has 0 amide bonds. The minimum Gasteiger partial charge on any atom is -0.373 e. The summed E-state index contributed by atoms with van der Waals surface area (Å²) in [7, 11) is -1.73. The zero-order valence-electron chi connectivity index (χ0n) is 11.4. The lowest BCUT2D eigenvalue weighted by atomic mass is 9.89. The summed E-state index contributed by atoms with van der Waals surface area (Å²) in [5, 5.41) is 2.84. The monoisotopic (exact) mass is 283 g/mol. The number of aromatic nitrogens is 1. The predicted molar refractivity (Wildman–Crippen MR) is 75.5 cm³/mol. The van der Waals surface area contributed by atoms with E-state index in [9.17, 15) is 8.42 Å². The van der Waals surface area contributed by atoms with E-state index >= 15 is 0 Å². The highest BCUT2D eigenvalue weighted by molar-refractivity contribution is 7.89. The Balaban J connectivity index is 2.09. The lowest BCUT2D eigenvalue weighted by Crippen LogP contribution is -2.34. The molecule has 0 atom stereocenters. The van der Waals surface area contributed by atoms with Gasteiger partial charge >= 0.3 is 0 Å². The van der Waals surface area contributed by atoms with Crippen LogP contribution in [0.4, 0.5) is 5.82 Å². The topological polar surface area (TPSA) is 71.1 Å². The number of sulfonamides is 1. The van der Waals surface area contributed by atoms with Crippen LogP contribution in [0, 0.1) is 5.41 Å². The van der Waals surface area contributed by atoms with Gasteiger partial charge in [0.2, 0.25) is 10.0 Å². The van der Waals surface area contributed by atoms with E-state index in [0.717, 1.165) is 12.8 Å². The van der Waals surface area contributed by atoms with Gasteiger partial charge in [-0.3, -0.25) is 0 Å². The summed E-state index contributed by atoms with van der Waals surface area (Å²) in [6.07, 6.45) is 6.06. The van der Waals surface area contributed by atoms with Crippen molar-refractivity contribution in [2.24, 2.45) is 5.41 Å². The van der Waals surface area contributed by atoms with Gasteiger partial charge in [0.15, 0.2) is 0 Å². The molecule has 1 fully saturated rings. The molecule has 2 N–H and O–H groups in total. The molecule has 0 spiro atoms. The van der Waals surface area contributed by atoms with Gasteiger partial charge in [-0.25, -0.2) is 18.1 Å². The summed E-state index contributed by atoms with van der Waals surface area (Å²) in [6.45, 7) is 2.65. The average molecular weight is 283 g/mol. The first kappa shape index (κ1) is 14.3. The Hall–Kier alpha value is -1.14. The maximum absolute atomic E-state index is 12.2. The van der Waals surface area contributed by atoms with Crippen LogP contribution in [0.5, 0.6) is 0 Å². The lowest BCUT2D eigenvalue weighted by Gasteiger charge is -2.23. The van der Waals surface area contributed by atoms with Crippen molar-refractivity contribution in [3.05, 3.63) is 18.3 Å². The van der Waals surface area contributed by atoms with E-state index in [1.807, 2.05) is 0 Å². The van der Waals surface area contributed by atoms with Crippen LogP contribution in [0.25, 0.3) is 0 Å². The molecular formula is C13H21N3O2S. The highest BCUT2D eigenvalue weighted by atomic mass is 32.2. The highest BCUT2D eigenvalue weighted by Gasteiger charge is 2.30. The first-order chi connectivity index (χ1) is 8.95. The fraction of sp³-hybridized carbons (Fsp3) is 0.615. The smallest absolute Gasteiger partial charge is 0.240 e. The van der Waals surface area contributed by atoms with Crippen molar-refractivity contribution in [3.63, 3.8) is 0 Å². The second-order valence-electron chi connectivity index (χ2n) is 5.47. The number of hydrogen-bond donors (Lipinski definition) is 2. The van der Waals surface area contributed by atoms with E-state index in [0.29, 0.717) is 12.4 Å². The van der Waals surface area contributed by atoms with Crippen molar-refractivity contribution in [3.8, 4) is 0 Å². The molecule has 6 heteroatoms. The molecule has 0 radical (unpaired) electrons. The van der Waals surface area contributed by atoms with Gasteiger partial charge in [0.05, 0.1) is 4.90 Å². The van der Waals surface area contributed by atoms with Crippen LogP contribution in [0.2, 0.25) is 0 Å². The van der Waals surface area contributed by atoms with Gasteiger partial charge in [-0.1, -0.05) is 19.8 Å². The SMILES string of the molecule is CNc1cc(S(=O)(=O)NCC2(C)CCCC2)ccn1. The van der Waals surface area contributed by atoms with Crippen LogP contribution in [0.15, 0.2) is 23.2 Å². The third-order valence-corrected chi connectivity index (χ3v) is 5.20. The maximum atomic E-state index is 12.2. The molecule has 5 nitrogen and oxygen atoms in total. The van der Waals surface area contributed by atoms with Gasteiger partial charge in [-0.2, -0.15) is 0 Å². The van der Waals surface area contributed by atoms with E-state index < -0.39 is 10.0 Å². The minimum absolute atomic E-state index is 0.103. The van der Waals surface area contributed by atoms with Crippen molar-refractivity contribution in [1.29, 1.82) is 0 Å². The Morgan fingerprint density at radius 1 is 1.37 bits per heavy atom. The fourth-order valence-corrected chi connectivity index (χ4v) is 3.68. The average Bonchev–Trinajstić information content (AvgIpc) is 2.84. The summed E-state index contributed by atoms with van der Waals surface area (Å²) in [6, 6.07) is 3.06. The summed E-state index contributed by atoms with van der Waals surface area (Å²) >= 11 is 0. The van der Waals surface area contributed by atoms with Gasteiger partial charge in [0.25, 0.3) is 0 Å². The number of nitrogens with zero attached hydrogens (tertiary/aromatic N) is 1. The fourth-order valence-electron chi connectivity index (χ4n) is 2.47. The largest absolute Gasteiger partial charge is 0.373 e. The Morgan fingerprint density at radius 2 is 2.05 bits per heavy atom. The number of nitrogens with one attached hydrogen (secondary N) is 2. The van der Waals surface area contributed by atoms with E-state index in [1.54, 1.807) is 13.1 Å². The third-order valence-electron chi connectivity index (χ3n) is 3.80. The minimum atomic E-state index is -3.45. The molecule has 106 valence electrons. The highest BCUT2D eigenvalue weighted by Crippen LogP contribution is 2.36. The van der Waals surface area contributed by atoms with Crippen molar-refractivity contribution in [2.75, 3.05) is 18.9 Å². The van der Waals surface area contributed by atoms with E-state index in [4.69, 9.17) is 0 Å². The molecule has 0 unspecified atom stereocenters. The second kappa shape index (κ2) is 5.46. The van der Waals surface area contributed by atoms with Crippen LogP contribution in [-0.2, 0) is 10.0 Å². The Bertz CT molecular complexity index is 537. The summed E-state index contributed by atoms with van der Waals surface area (Å²) in [5.74, 6) is 0.551. The number of rotatable bonds is 5. The second-order valence-corrected chi connectivity index (χ2v) is 7.24. The van der Waals surface area contributed by atoms with Gasteiger partial charge in [0, 0.05) is 25.9 Å². The molecule has 0 aliphatic heterocycles. The molecule has 1 heterocycles. The van der Waals surface area contributed by atoms with Crippen molar-refractivity contribution in [2.45, 2.75) is 37.5 Å². The molecule has 2 rings (SSSR count). The molecule has 1 saturated carbocycles. The van der Waals surface area contributed by atoms with E-state index in [2.05, 4.69) is 21.9 Å². The lowest BCUT2D eigenvalue weighted by molar-refractivity contribution is 0.336. The number of pyridine rings is 1. The normalized spacial score (nSPS) is 18.4. The van der Waals surface area contributed by atoms with Crippen LogP contribution < -0.4 is 10.0 Å². The predicted octanol–water partition coefficient (Wildman–Crippen LogP) is 1.98. The first-order valence-electron chi connectivity index (χ1n) is 6.59. The van der Waals surface area contributed by atoms with Crippen LogP contribution in [0.1, 0.15) is 32.6 Å². The molecule has 0 aromatic carbocycles. The zero-order valence-corrected chi connectivity index (χ0v) is 12.3. The van der Waals surface area contributed by atoms with Crippen molar-refractivity contribution >= 4 is 15.8 Å². The first-order valence-corrected chi connectivity index (χ1v) is 8.07. The van der Waals surface area contributed by atoms with E-state index in [1.165, 1.54) is 25.1 Å². The molecule has 19 heavy (non-hydrogen) atoms. The van der Waals surface area contributed by atoms with Crippen molar-refractivity contribution < 1.29 is 8.42 Å². The standard InChI is InChI=1S/C13H21N3O2S/c1-13(6-3-4-7-13)10-16-19(17,18)11-5-8-15-12(9-11)14-2/h5,8-9,16H,3-4,6-7,10H2,1-2H3,(H,14,15). The van der Waals surface area contributed by atoms with Crippen LogP contribution in [0.3, 0.4) is 0 Å². The molecule has 1 aliphatic carbocycles. The Morgan fingerprint density at radius 3 is 2.68 bits per heavy atom. The molecule has 0 saturated heterocycles. The Labute approximate surface area is 114 Å². The summed E-state index contributed by atoms with van der Waals surface area (Å²) in [4.78, 5) is 4.28. The molecule has 1 aromatic rings. The van der Waals surface area contributed by atoms with Crippen LogP contribution in [-0.4, -0.2) is 27.0 Å². The maximum Gasteiger partial charge on any atom is 0.240 e. The summed E-state index contributed by atoms with van der Waals surface area (Å²) < 4.78 is 27.2. The van der Waals surface area contributed by atoms with Gasteiger partial charge in [0.1, 0.15) is 5.82 Å². The quantitative estimate of drug-likeness (QED) is 0.867. The molecule has 0 bridgehead atoms. The van der Waals surface area contributed by atoms with Gasteiger partial charge in [-0.05, 0) is 24.3 Å². The van der Waals surface area contributed by atoms with Crippen molar-refractivity contribution in [1.82, 2.24) is 9.71 Å².